The average molecular weight is 256 g/mol. The molecule has 0 spiro atoms. The lowest BCUT2D eigenvalue weighted by atomic mass is 10.0. The lowest BCUT2D eigenvalue weighted by Crippen LogP contribution is -2.13. The summed E-state index contributed by atoms with van der Waals surface area (Å²) in [7, 11) is 1.22. The molecule has 1 rings (SSSR count). The smallest absolute Gasteiger partial charge is 0.336 e. The predicted octanol–water partition coefficient (Wildman–Crippen LogP) is 2.06. The molecule has 0 aliphatic carbocycles. The van der Waals surface area contributed by atoms with E-state index in [1.807, 2.05) is 6.92 Å². The molecule has 0 aromatic carbocycles. The normalized spacial score (nSPS) is 12.0. The minimum atomic E-state index is -1.20. The molecule has 17 heavy (non-hydrogen) atoms. The second-order valence-corrected chi connectivity index (χ2v) is 3.85. The van der Waals surface area contributed by atoms with Crippen molar-refractivity contribution in [2.45, 2.75) is 19.4 Å². The lowest BCUT2D eigenvalue weighted by Gasteiger charge is -2.14. The van der Waals surface area contributed by atoms with Crippen molar-refractivity contribution in [3.05, 3.63) is 40.7 Å². The van der Waals surface area contributed by atoms with Crippen LogP contribution in [0.4, 0.5) is 0 Å². The molecule has 1 aromatic heterocycles. The van der Waals surface area contributed by atoms with Crippen molar-refractivity contribution in [3.8, 4) is 0 Å². The number of aliphatic hydroxyl groups excluding tert-OH is 1. The molecule has 0 fully saturated rings. The summed E-state index contributed by atoms with van der Waals surface area (Å²) in [5.41, 5.74) is 1.21. The Morgan fingerprint density at radius 1 is 1.71 bits per heavy atom. The minimum absolute atomic E-state index is 0.0653. The van der Waals surface area contributed by atoms with Crippen molar-refractivity contribution in [3.63, 3.8) is 0 Å². The van der Waals surface area contributed by atoms with E-state index in [4.69, 9.17) is 11.6 Å². The van der Waals surface area contributed by atoms with E-state index in [0.29, 0.717) is 5.56 Å². The van der Waals surface area contributed by atoms with Crippen LogP contribution in [0.5, 0.6) is 0 Å². The number of halogens is 1. The first-order chi connectivity index (χ1) is 8.01. The second-order valence-electron chi connectivity index (χ2n) is 3.50. The Kier molecular flexibility index (Phi) is 4.66. The summed E-state index contributed by atoms with van der Waals surface area (Å²) in [6.45, 7) is 5.44. The number of hydrogen-bond donors (Lipinski definition) is 1. The molecule has 5 heteroatoms. The standard InChI is InChI=1S/C12H14ClNO3/c1-4-8-5-9(11(13)14-6-8)10(15)7(2)12(16)17-3/h5-6,10,15H,2,4H2,1,3H3/t10-/m0/s1. The van der Waals surface area contributed by atoms with Gasteiger partial charge < -0.3 is 9.84 Å². The molecule has 92 valence electrons. The lowest BCUT2D eigenvalue weighted by molar-refractivity contribution is -0.137. The number of nitrogens with zero attached hydrogens (tertiary/aromatic N) is 1. The van der Waals surface area contributed by atoms with Crippen LogP contribution in [-0.2, 0) is 16.0 Å². The van der Waals surface area contributed by atoms with Crippen LogP contribution in [0.1, 0.15) is 24.2 Å². The fraction of sp³-hybridized carbons (Fsp3) is 0.333. The van der Waals surface area contributed by atoms with Crippen LogP contribution in [0, 0.1) is 0 Å². The van der Waals surface area contributed by atoms with Gasteiger partial charge in [0.2, 0.25) is 0 Å². The summed E-state index contributed by atoms with van der Waals surface area (Å²) in [5.74, 6) is -0.671. The first-order valence-electron chi connectivity index (χ1n) is 5.10. The van der Waals surface area contributed by atoms with Gasteiger partial charge in [-0.1, -0.05) is 25.1 Å². The van der Waals surface area contributed by atoms with E-state index >= 15 is 0 Å². The van der Waals surface area contributed by atoms with Crippen LogP contribution in [0.2, 0.25) is 5.15 Å². The van der Waals surface area contributed by atoms with Gasteiger partial charge in [-0.2, -0.15) is 0 Å². The molecule has 0 saturated carbocycles. The number of rotatable bonds is 4. The third kappa shape index (κ3) is 3.05. The molecular weight excluding hydrogens is 242 g/mol. The van der Waals surface area contributed by atoms with Crippen LogP contribution >= 0.6 is 11.6 Å². The predicted molar refractivity (Wildman–Crippen MR) is 64.7 cm³/mol. The van der Waals surface area contributed by atoms with E-state index in [2.05, 4.69) is 16.3 Å². The van der Waals surface area contributed by atoms with Crippen molar-refractivity contribution < 1.29 is 14.6 Å². The number of aliphatic hydroxyl groups is 1. The van der Waals surface area contributed by atoms with Crippen molar-refractivity contribution in [2.75, 3.05) is 7.11 Å². The summed E-state index contributed by atoms with van der Waals surface area (Å²) in [6.07, 6.45) is 1.18. The molecule has 0 aliphatic heterocycles. The fourth-order valence-electron chi connectivity index (χ4n) is 1.33. The van der Waals surface area contributed by atoms with E-state index in [-0.39, 0.29) is 10.7 Å². The number of esters is 1. The molecule has 1 atom stereocenters. The number of carbonyl (C=O) groups is 1. The minimum Gasteiger partial charge on any atom is -0.466 e. The number of aromatic nitrogens is 1. The average Bonchev–Trinajstić information content (AvgIpc) is 2.36. The molecule has 0 bridgehead atoms. The molecule has 1 aromatic rings. The highest BCUT2D eigenvalue weighted by atomic mass is 35.5. The van der Waals surface area contributed by atoms with E-state index < -0.39 is 12.1 Å². The van der Waals surface area contributed by atoms with Gasteiger partial charge in [0.25, 0.3) is 0 Å². The number of hydrogen-bond acceptors (Lipinski definition) is 4. The third-order valence-electron chi connectivity index (χ3n) is 2.40. The maximum absolute atomic E-state index is 11.2. The van der Waals surface area contributed by atoms with E-state index in [1.54, 1.807) is 12.3 Å². The third-order valence-corrected chi connectivity index (χ3v) is 2.72. The van der Waals surface area contributed by atoms with Gasteiger partial charge in [-0.25, -0.2) is 9.78 Å². The van der Waals surface area contributed by atoms with Gasteiger partial charge >= 0.3 is 5.97 Å². The highest BCUT2D eigenvalue weighted by molar-refractivity contribution is 6.30. The Balaban J connectivity index is 3.06. The van der Waals surface area contributed by atoms with Crippen LogP contribution in [0.25, 0.3) is 0 Å². The quantitative estimate of drug-likeness (QED) is 0.508. The van der Waals surface area contributed by atoms with Crippen molar-refractivity contribution in [2.24, 2.45) is 0 Å². The number of carbonyl (C=O) groups excluding carboxylic acids is 1. The van der Waals surface area contributed by atoms with Crippen LogP contribution in [0.15, 0.2) is 24.4 Å². The Labute approximate surface area is 105 Å². The van der Waals surface area contributed by atoms with Crippen LogP contribution in [0.3, 0.4) is 0 Å². The van der Waals surface area contributed by atoms with Crippen LogP contribution < -0.4 is 0 Å². The number of pyridine rings is 1. The fourth-order valence-corrected chi connectivity index (χ4v) is 1.53. The molecular formula is C12H14ClNO3. The highest BCUT2D eigenvalue weighted by Gasteiger charge is 2.22. The summed E-state index contributed by atoms with van der Waals surface area (Å²) in [4.78, 5) is 15.2. The van der Waals surface area contributed by atoms with Gasteiger partial charge in [0.15, 0.2) is 0 Å². The molecule has 0 radical (unpaired) electrons. The van der Waals surface area contributed by atoms with Crippen molar-refractivity contribution in [1.82, 2.24) is 4.98 Å². The summed E-state index contributed by atoms with van der Waals surface area (Å²) in [5, 5.41) is 10.1. The van der Waals surface area contributed by atoms with Gasteiger partial charge in [0, 0.05) is 11.8 Å². The zero-order chi connectivity index (χ0) is 13.0. The van der Waals surface area contributed by atoms with Crippen molar-refractivity contribution in [1.29, 1.82) is 0 Å². The maximum Gasteiger partial charge on any atom is 0.336 e. The topological polar surface area (TPSA) is 59.4 Å². The monoisotopic (exact) mass is 255 g/mol. The SMILES string of the molecule is C=C(C(=O)OC)[C@H](O)c1cc(CC)cnc1Cl. The maximum atomic E-state index is 11.2. The largest absolute Gasteiger partial charge is 0.466 e. The molecule has 4 nitrogen and oxygen atoms in total. The zero-order valence-corrected chi connectivity index (χ0v) is 10.5. The van der Waals surface area contributed by atoms with Gasteiger partial charge in [-0.3, -0.25) is 0 Å². The first-order valence-corrected chi connectivity index (χ1v) is 5.48. The number of ether oxygens (including phenoxy) is 1. The van der Waals surface area contributed by atoms with E-state index in [9.17, 15) is 9.90 Å². The van der Waals surface area contributed by atoms with Gasteiger partial charge in [-0.05, 0) is 18.1 Å². The van der Waals surface area contributed by atoms with E-state index in [1.165, 1.54) is 7.11 Å². The molecule has 0 amide bonds. The number of aryl methyl sites for hydroxylation is 1. The Morgan fingerprint density at radius 2 is 2.35 bits per heavy atom. The number of methoxy groups -OCH3 is 1. The highest BCUT2D eigenvalue weighted by Crippen LogP contribution is 2.27. The van der Waals surface area contributed by atoms with Gasteiger partial charge in [0.1, 0.15) is 11.3 Å². The molecule has 0 saturated heterocycles. The van der Waals surface area contributed by atoms with Gasteiger partial charge in [-0.15, -0.1) is 0 Å². The molecule has 0 unspecified atom stereocenters. The first kappa shape index (κ1) is 13.7. The van der Waals surface area contributed by atoms with Crippen molar-refractivity contribution >= 4 is 17.6 Å². The molecule has 1 N–H and O–H groups in total. The second kappa shape index (κ2) is 5.80. The summed E-state index contributed by atoms with van der Waals surface area (Å²) < 4.78 is 4.49. The molecule has 0 aliphatic rings. The Morgan fingerprint density at radius 3 is 2.88 bits per heavy atom. The van der Waals surface area contributed by atoms with E-state index in [0.717, 1.165) is 12.0 Å². The Hall–Kier alpha value is -1.39. The summed E-state index contributed by atoms with van der Waals surface area (Å²) in [6, 6.07) is 1.70. The van der Waals surface area contributed by atoms with Gasteiger partial charge in [0.05, 0.1) is 12.7 Å². The summed E-state index contributed by atoms with van der Waals surface area (Å²) >= 11 is 5.88. The molecule has 1 heterocycles. The Bertz CT molecular complexity index is 445. The zero-order valence-electron chi connectivity index (χ0n) is 9.74. The van der Waals surface area contributed by atoms with Crippen LogP contribution in [-0.4, -0.2) is 23.2 Å².